The van der Waals surface area contributed by atoms with Crippen LogP contribution in [0.3, 0.4) is 0 Å². The number of carboxylic acid groups (broad SMARTS) is 1. The number of benzene rings is 2. The van der Waals surface area contributed by atoms with E-state index in [0.717, 1.165) is 48.4 Å². The van der Waals surface area contributed by atoms with Gasteiger partial charge in [-0.1, -0.05) is 36.4 Å². The first-order valence-corrected chi connectivity index (χ1v) is 11.0. The van der Waals surface area contributed by atoms with Crippen molar-refractivity contribution < 1.29 is 9.90 Å². The van der Waals surface area contributed by atoms with Crippen LogP contribution < -0.4 is 5.32 Å². The first-order valence-electron chi connectivity index (χ1n) is 11.0. The van der Waals surface area contributed by atoms with Gasteiger partial charge in [0.1, 0.15) is 0 Å². The number of aromatic nitrogens is 1. The van der Waals surface area contributed by atoms with E-state index in [1.54, 1.807) is 6.07 Å². The second-order valence-electron chi connectivity index (χ2n) is 8.72. The van der Waals surface area contributed by atoms with Gasteiger partial charge in [0, 0.05) is 36.2 Å². The summed E-state index contributed by atoms with van der Waals surface area (Å²) in [5, 5.41) is 14.4. The molecule has 5 nitrogen and oxygen atoms in total. The van der Waals surface area contributed by atoms with Crippen LogP contribution >= 0.6 is 0 Å². The molecule has 1 unspecified atom stereocenters. The molecule has 0 saturated carbocycles. The predicted molar refractivity (Wildman–Crippen MR) is 119 cm³/mol. The Morgan fingerprint density at radius 3 is 2.57 bits per heavy atom. The smallest absolute Gasteiger partial charge is 0.336 e. The zero-order valence-corrected chi connectivity index (χ0v) is 17.3. The minimum atomic E-state index is -0.857. The second kappa shape index (κ2) is 8.25. The standard InChI is InChI=1S/C25H29N3O2/c29-25(30)21-7-4-8-23-24(21)20(16-28(23)15-18-5-2-1-3-6-18)9-12-26-22-17-27-13-10-19(22)11-14-27/h1-8,16,19,22,26H,9-15,17H2,(H,29,30). The van der Waals surface area contributed by atoms with E-state index in [1.165, 1.54) is 31.5 Å². The number of aromatic carboxylic acids is 1. The van der Waals surface area contributed by atoms with Gasteiger partial charge in [0.2, 0.25) is 0 Å². The van der Waals surface area contributed by atoms with Crippen LogP contribution in [-0.4, -0.2) is 52.8 Å². The first kappa shape index (κ1) is 19.3. The summed E-state index contributed by atoms with van der Waals surface area (Å²) >= 11 is 0. The fourth-order valence-electron chi connectivity index (χ4n) is 5.31. The van der Waals surface area contributed by atoms with Crippen LogP contribution in [-0.2, 0) is 13.0 Å². The highest BCUT2D eigenvalue weighted by atomic mass is 16.4. The van der Waals surface area contributed by atoms with Gasteiger partial charge in [-0.25, -0.2) is 4.79 Å². The molecule has 6 rings (SSSR count). The Hall–Kier alpha value is -2.63. The molecule has 1 aromatic heterocycles. The summed E-state index contributed by atoms with van der Waals surface area (Å²) in [6, 6.07) is 16.5. The first-order chi connectivity index (χ1) is 14.7. The number of hydrogen-bond acceptors (Lipinski definition) is 3. The van der Waals surface area contributed by atoms with Crippen molar-refractivity contribution in [3.63, 3.8) is 0 Å². The van der Waals surface area contributed by atoms with Crippen LogP contribution in [0.25, 0.3) is 10.9 Å². The molecular weight excluding hydrogens is 374 g/mol. The highest BCUT2D eigenvalue weighted by Gasteiger charge is 2.33. The summed E-state index contributed by atoms with van der Waals surface area (Å²) in [4.78, 5) is 14.5. The Kier molecular flexibility index (Phi) is 5.32. The molecule has 30 heavy (non-hydrogen) atoms. The van der Waals surface area contributed by atoms with E-state index in [2.05, 4.69) is 33.1 Å². The number of nitrogens with zero attached hydrogens (tertiary/aromatic N) is 2. The summed E-state index contributed by atoms with van der Waals surface area (Å²) in [7, 11) is 0. The van der Waals surface area contributed by atoms with Crippen LogP contribution in [0, 0.1) is 5.92 Å². The molecule has 3 saturated heterocycles. The molecule has 2 bridgehead atoms. The Morgan fingerprint density at radius 2 is 1.87 bits per heavy atom. The van der Waals surface area contributed by atoms with Crippen molar-refractivity contribution in [2.75, 3.05) is 26.2 Å². The van der Waals surface area contributed by atoms with Crippen molar-refractivity contribution in [3.05, 3.63) is 71.4 Å². The molecule has 5 heteroatoms. The van der Waals surface area contributed by atoms with Gasteiger partial charge >= 0.3 is 5.97 Å². The molecular formula is C25H29N3O2. The maximum atomic E-state index is 11.9. The summed E-state index contributed by atoms with van der Waals surface area (Å²) in [6.07, 6.45) is 5.60. The van der Waals surface area contributed by atoms with Crippen molar-refractivity contribution in [1.82, 2.24) is 14.8 Å². The fraction of sp³-hybridized carbons (Fsp3) is 0.400. The van der Waals surface area contributed by atoms with Crippen LogP contribution in [0.5, 0.6) is 0 Å². The molecule has 3 fully saturated rings. The third-order valence-corrected chi connectivity index (χ3v) is 6.87. The SMILES string of the molecule is O=C(O)c1cccc2c1c(CCNC1CN3CCC1CC3)cn2Cc1ccccc1. The van der Waals surface area contributed by atoms with Crippen LogP contribution in [0.4, 0.5) is 0 Å². The highest BCUT2D eigenvalue weighted by molar-refractivity contribution is 6.04. The number of carbonyl (C=O) groups is 1. The molecule has 0 aliphatic carbocycles. The fourth-order valence-corrected chi connectivity index (χ4v) is 5.31. The van der Waals surface area contributed by atoms with E-state index in [-0.39, 0.29) is 0 Å². The summed E-state index contributed by atoms with van der Waals surface area (Å²) in [5.41, 5.74) is 3.73. The normalized spacial score (nSPS) is 23.1. The monoisotopic (exact) mass is 403 g/mol. The van der Waals surface area contributed by atoms with Gasteiger partial charge in [-0.2, -0.15) is 0 Å². The highest BCUT2D eigenvalue weighted by Crippen LogP contribution is 2.29. The Labute approximate surface area is 177 Å². The number of carboxylic acids is 1. The van der Waals surface area contributed by atoms with E-state index < -0.39 is 5.97 Å². The number of piperidine rings is 3. The van der Waals surface area contributed by atoms with Gasteiger partial charge in [0.15, 0.2) is 0 Å². The van der Waals surface area contributed by atoms with Crippen molar-refractivity contribution in [3.8, 4) is 0 Å². The van der Waals surface area contributed by atoms with Gasteiger partial charge in [0.25, 0.3) is 0 Å². The minimum Gasteiger partial charge on any atom is -0.478 e. The molecule has 156 valence electrons. The molecule has 0 spiro atoms. The average Bonchev–Trinajstić information content (AvgIpc) is 3.13. The van der Waals surface area contributed by atoms with Gasteiger partial charge in [-0.05, 0) is 68.1 Å². The van der Waals surface area contributed by atoms with Crippen molar-refractivity contribution >= 4 is 16.9 Å². The Bertz CT molecular complexity index is 1040. The molecule has 1 atom stereocenters. The van der Waals surface area contributed by atoms with Gasteiger partial charge in [-0.3, -0.25) is 0 Å². The van der Waals surface area contributed by atoms with Crippen LogP contribution in [0.2, 0.25) is 0 Å². The van der Waals surface area contributed by atoms with Gasteiger partial charge < -0.3 is 19.9 Å². The maximum Gasteiger partial charge on any atom is 0.336 e. The van der Waals surface area contributed by atoms with Gasteiger partial charge in [0.05, 0.1) is 5.56 Å². The lowest BCUT2D eigenvalue weighted by Gasteiger charge is -2.45. The van der Waals surface area contributed by atoms with E-state index in [4.69, 9.17) is 0 Å². The predicted octanol–water partition coefficient (Wildman–Crippen LogP) is 3.61. The van der Waals surface area contributed by atoms with E-state index >= 15 is 0 Å². The quantitative estimate of drug-likeness (QED) is 0.633. The topological polar surface area (TPSA) is 57.5 Å². The Balaban J connectivity index is 1.39. The summed E-state index contributed by atoms with van der Waals surface area (Å²) in [6.45, 7) is 5.28. The van der Waals surface area contributed by atoms with Crippen LogP contribution in [0.1, 0.15) is 34.3 Å². The van der Waals surface area contributed by atoms with E-state index in [0.29, 0.717) is 11.6 Å². The maximum absolute atomic E-state index is 11.9. The zero-order chi connectivity index (χ0) is 20.5. The molecule has 2 aromatic carbocycles. The average molecular weight is 404 g/mol. The second-order valence-corrected chi connectivity index (χ2v) is 8.72. The van der Waals surface area contributed by atoms with E-state index in [9.17, 15) is 9.90 Å². The lowest BCUT2D eigenvalue weighted by Crippen LogP contribution is -2.56. The molecule has 2 N–H and O–H groups in total. The zero-order valence-electron chi connectivity index (χ0n) is 17.3. The van der Waals surface area contributed by atoms with Crippen molar-refractivity contribution in [1.29, 1.82) is 0 Å². The minimum absolute atomic E-state index is 0.400. The van der Waals surface area contributed by atoms with Crippen molar-refractivity contribution in [2.45, 2.75) is 31.8 Å². The molecule has 3 aromatic rings. The van der Waals surface area contributed by atoms with E-state index in [1.807, 2.05) is 30.3 Å². The van der Waals surface area contributed by atoms with Crippen molar-refractivity contribution in [2.24, 2.45) is 5.92 Å². The summed E-state index contributed by atoms with van der Waals surface area (Å²) < 4.78 is 2.20. The Morgan fingerprint density at radius 1 is 1.07 bits per heavy atom. The number of nitrogens with one attached hydrogen (secondary N) is 1. The number of rotatable bonds is 7. The third-order valence-electron chi connectivity index (χ3n) is 6.87. The lowest BCUT2D eigenvalue weighted by molar-refractivity contribution is 0.0699. The lowest BCUT2D eigenvalue weighted by atomic mass is 9.84. The molecule has 3 aliphatic rings. The molecule has 0 radical (unpaired) electrons. The molecule has 3 aliphatic heterocycles. The third kappa shape index (κ3) is 3.75. The largest absolute Gasteiger partial charge is 0.478 e. The number of fused-ring (bicyclic) bond motifs is 4. The molecule has 4 heterocycles. The van der Waals surface area contributed by atoms with Crippen LogP contribution in [0.15, 0.2) is 54.7 Å². The molecule has 0 amide bonds. The summed E-state index contributed by atoms with van der Waals surface area (Å²) in [5.74, 6) is -0.0614. The van der Waals surface area contributed by atoms with Gasteiger partial charge in [-0.15, -0.1) is 0 Å². The number of hydrogen-bond donors (Lipinski definition) is 2.